The zero-order chi connectivity index (χ0) is 20.9. The maximum atomic E-state index is 13.0. The molecule has 1 heterocycles. The van der Waals surface area contributed by atoms with Gasteiger partial charge in [0.25, 0.3) is 0 Å². The van der Waals surface area contributed by atoms with E-state index in [0.717, 1.165) is 24.3 Å². The number of aryl methyl sites for hydroxylation is 1. The predicted molar refractivity (Wildman–Crippen MR) is 115 cm³/mol. The van der Waals surface area contributed by atoms with E-state index in [2.05, 4.69) is 15.5 Å². The Hall–Kier alpha value is -2.86. The summed E-state index contributed by atoms with van der Waals surface area (Å²) >= 11 is 0. The molecule has 2 aromatic carbocycles. The molecule has 0 unspecified atom stereocenters. The Kier molecular flexibility index (Phi) is 6.54. The number of benzene rings is 2. The van der Waals surface area contributed by atoms with Crippen molar-refractivity contribution in [2.75, 3.05) is 36.5 Å². The quantitative estimate of drug-likeness (QED) is 0.738. The molecule has 1 aliphatic heterocycles. The van der Waals surface area contributed by atoms with Gasteiger partial charge in [0.1, 0.15) is 5.41 Å². The van der Waals surface area contributed by atoms with E-state index in [1.54, 1.807) is 13.8 Å². The van der Waals surface area contributed by atoms with Gasteiger partial charge in [0.05, 0.1) is 24.6 Å². The lowest BCUT2D eigenvalue weighted by atomic mass is 9.90. The number of hydrogen-bond donors (Lipinski definition) is 2. The molecule has 0 aliphatic carbocycles. The molecule has 0 saturated carbocycles. The number of amides is 2. The smallest absolute Gasteiger partial charge is 0.239 e. The largest absolute Gasteiger partial charge is 0.378 e. The Labute approximate surface area is 172 Å². The first-order valence-corrected chi connectivity index (χ1v) is 9.95. The number of ether oxygens (including phenoxy) is 1. The average Bonchev–Trinajstić information content (AvgIpc) is 2.74. The van der Waals surface area contributed by atoms with Crippen LogP contribution in [0.4, 0.5) is 11.4 Å². The predicted octanol–water partition coefficient (Wildman–Crippen LogP) is 3.11. The average molecular weight is 396 g/mol. The SMILES string of the molecule is Cc1ccc(CNC(=O)C(C)(C)C(=O)Nc2ccccc2N2CCOCC2)cc1. The van der Waals surface area contributed by atoms with Gasteiger partial charge in [-0.25, -0.2) is 0 Å². The lowest BCUT2D eigenvalue weighted by Gasteiger charge is -2.31. The molecule has 1 fully saturated rings. The highest BCUT2D eigenvalue weighted by molar-refractivity contribution is 6.10. The maximum absolute atomic E-state index is 13.0. The fourth-order valence-corrected chi connectivity index (χ4v) is 3.15. The van der Waals surface area contributed by atoms with Crippen LogP contribution in [0.2, 0.25) is 0 Å². The van der Waals surface area contributed by atoms with Crippen LogP contribution in [0.25, 0.3) is 0 Å². The number of anilines is 2. The van der Waals surface area contributed by atoms with Gasteiger partial charge in [-0.05, 0) is 38.5 Å². The topological polar surface area (TPSA) is 70.7 Å². The first-order chi connectivity index (χ1) is 13.9. The van der Waals surface area contributed by atoms with Crippen LogP contribution in [0.3, 0.4) is 0 Å². The lowest BCUT2D eigenvalue weighted by Crippen LogP contribution is -2.45. The highest BCUT2D eigenvalue weighted by Gasteiger charge is 2.36. The number of carbonyl (C=O) groups excluding carboxylic acids is 2. The number of hydrogen-bond acceptors (Lipinski definition) is 4. The van der Waals surface area contributed by atoms with E-state index in [-0.39, 0.29) is 11.8 Å². The highest BCUT2D eigenvalue weighted by Crippen LogP contribution is 2.28. The number of nitrogens with one attached hydrogen (secondary N) is 2. The molecular weight excluding hydrogens is 366 g/mol. The van der Waals surface area contributed by atoms with Gasteiger partial charge in [0.15, 0.2) is 0 Å². The summed E-state index contributed by atoms with van der Waals surface area (Å²) in [5.74, 6) is -0.640. The van der Waals surface area contributed by atoms with Crippen molar-refractivity contribution < 1.29 is 14.3 Å². The normalized spacial score (nSPS) is 14.4. The first-order valence-electron chi connectivity index (χ1n) is 9.95. The van der Waals surface area contributed by atoms with E-state index in [1.807, 2.05) is 55.5 Å². The summed E-state index contributed by atoms with van der Waals surface area (Å²) in [7, 11) is 0. The van der Waals surface area contributed by atoms with E-state index in [1.165, 1.54) is 5.56 Å². The molecule has 0 aromatic heterocycles. The Morgan fingerprint density at radius 1 is 1.00 bits per heavy atom. The van der Waals surface area contributed by atoms with E-state index >= 15 is 0 Å². The molecule has 154 valence electrons. The molecule has 0 spiro atoms. The Morgan fingerprint density at radius 3 is 2.34 bits per heavy atom. The Bertz CT molecular complexity index is 856. The zero-order valence-electron chi connectivity index (χ0n) is 17.3. The highest BCUT2D eigenvalue weighted by atomic mass is 16.5. The molecule has 0 bridgehead atoms. The maximum Gasteiger partial charge on any atom is 0.239 e. The van der Waals surface area contributed by atoms with Gasteiger partial charge in [0, 0.05) is 19.6 Å². The molecule has 0 radical (unpaired) electrons. The molecular formula is C23H29N3O3. The van der Waals surface area contributed by atoms with Gasteiger partial charge in [-0.2, -0.15) is 0 Å². The van der Waals surface area contributed by atoms with E-state index in [0.29, 0.717) is 25.4 Å². The van der Waals surface area contributed by atoms with Gasteiger partial charge < -0.3 is 20.3 Å². The van der Waals surface area contributed by atoms with Crippen molar-refractivity contribution in [3.8, 4) is 0 Å². The molecule has 2 amide bonds. The van der Waals surface area contributed by atoms with Gasteiger partial charge in [-0.3, -0.25) is 9.59 Å². The summed E-state index contributed by atoms with van der Waals surface area (Å²) in [6.45, 7) is 8.56. The monoisotopic (exact) mass is 395 g/mol. The van der Waals surface area contributed by atoms with Crippen LogP contribution in [0.5, 0.6) is 0 Å². The standard InChI is InChI=1S/C23H29N3O3/c1-17-8-10-18(11-9-17)16-24-21(27)23(2,3)22(28)25-19-6-4-5-7-20(19)26-12-14-29-15-13-26/h4-11H,12-16H2,1-3H3,(H,24,27)(H,25,28). The van der Waals surface area contributed by atoms with Crippen molar-refractivity contribution in [2.24, 2.45) is 5.41 Å². The third-order valence-electron chi connectivity index (χ3n) is 5.21. The third-order valence-corrected chi connectivity index (χ3v) is 5.21. The number of rotatable bonds is 6. The Balaban J connectivity index is 1.65. The Morgan fingerprint density at radius 2 is 1.66 bits per heavy atom. The second-order valence-corrected chi connectivity index (χ2v) is 7.86. The minimum Gasteiger partial charge on any atom is -0.378 e. The zero-order valence-corrected chi connectivity index (χ0v) is 17.3. The van der Waals surface area contributed by atoms with Crippen molar-refractivity contribution in [1.82, 2.24) is 5.32 Å². The third kappa shape index (κ3) is 5.15. The number of carbonyl (C=O) groups is 2. The molecule has 2 N–H and O–H groups in total. The van der Waals surface area contributed by atoms with Crippen LogP contribution in [-0.4, -0.2) is 38.1 Å². The van der Waals surface area contributed by atoms with Crippen LogP contribution >= 0.6 is 0 Å². The lowest BCUT2D eigenvalue weighted by molar-refractivity contribution is -0.138. The fourth-order valence-electron chi connectivity index (χ4n) is 3.15. The van der Waals surface area contributed by atoms with Crippen molar-refractivity contribution >= 4 is 23.2 Å². The van der Waals surface area contributed by atoms with Crippen LogP contribution in [0.1, 0.15) is 25.0 Å². The molecule has 1 saturated heterocycles. The summed E-state index contributed by atoms with van der Waals surface area (Å²) in [5, 5.41) is 5.83. The van der Waals surface area contributed by atoms with Crippen LogP contribution in [0.15, 0.2) is 48.5 Å². The molecule has 6 nitrogen and oxygen atoms in total. The minimum atomic E-state index is -1.21. The van der Waals surface area contributed by atoms with Crippen molar-refractivity contribution in [3.05, 3.63) is 59.7 Å². The summed E-state index contributed by atoms with van der Waals surface area (Å²) in [4.78, 5) is 27.9. The minimum absolute atomic E-state index is 0.306. The molecule has 2 aromatic rings. The first kappa shape index (κ1) is 20.9. The van der Waals surface area contributed by atoms with Crippen LogP contribution in [-0.2, 0) is 20.9 Å². The summed E-state index contributed by atoms with van der Waals surface area (Å²) in [5.41, 5.74) is 2.61. The van der Waals surface area contributed by atoms with Gasteiger partial charge in [-0.15, -0.1) is 0 Å². The van der Waals surface area contributed by atoms with E-state index < -0.39 is 5.41 Å². The van der Waals surface area contributed by atoms with Crippen molar-refractivity contribution in [3.63, 3.8) is 0 Å². The molecule has 6 heteroatoms. The molecule has 1 aliphatic rings. The second kappa shape index (κ2) is 9.09. The van der Waals surface area contributed by atoms with Crippen LogP contribution in [0, 0.1) is 12.3 Å². The van der Waals surface area contributed by atoms with Gasteiger partial charge in [0.2, 0.25) is 11.8 Å². The van der Waals surface area contributed by atoms with Crippen molar-refractivity contribution in [1.29, 1.82) is 0 Å². The second-order valence-electron chi connectivity index (χ2n) is 7.86. The summed E-state index contributed by atoms with van der Waals surface area (Å²) in [6, 6.07) is 15.6. The molecule has 29 heavy (non-hydrogen) atoms. The number of morpholine rings is 1. The van der Waals surface area contributed by atoms with Gasteiger partial charge in [-0.1, -0.05) is 42.0 Å². The summed E-state index contributed by atoms with van der Waals surface area (Å²) < 4.78 is 5.42. The van der Waals surface area contributed by atoms with Crippen molar-refractivity contribution in [2.45, 2.75) is 27.3 Å². The summed E-state index contributed by atoms with van der Waals surface area (Å²) in [6.07, 6.45) is 0. The molecule has 0 atom stereocenters. The number of nitrogens with zero attached hydrogens (tertiary/aromatic N) is 1. The molecule has 3 rings (SSSR count). The number of para-hydroxylation sites is 2. The van der Waals surface area contributed by atoms with Crippen LogP contribution < -0.4 is 15.5 Å². The van der Waals surface area contributed by atoms with E-state index in [4.69, 9.17) is 4.74 Å². The van der Waals surface area contributed by atoms with E-state index in [9.17, 15) is 9.59 Å². The van der Waals surface area contributed by atoms with Gasteiger partial charge >= 0.3 is 0 Å². The fraction of sp³-hybridized carbons (Fsp3) is 0.391.